The Kier molecular flexibility index (Phi) is 3.44. The molecule has 3 nitrogen and oxygen atoms in total. The van der Waals surface area contributed by atoms with Crippen LogP contribution in [0.1, 0.15) is 11.4 Å². The maximum atomic E-state index is 6.02. The molecule has 3 rings (SSSR count). The van der Waals surface area contributed by atoms with E-state index in [1.165, 1.54) is 0 Å². The summed E-state index contributed by atoms with van der Waals surface area (Å²) in [6.45, 7) is 1.95. The summed E-state index contributed by atoms with van der Waals surface area (Å²) >= 11 is 7.65. The van der Waals surface area contributed by atoms with Gasteiger partial charge in [-0.3, -0.25) is 4.98 Å². The second kappa shape index (κ2) is 5.23. The molecule has 0 aliphatic carbocycles. The predicted octanol–water partition coefficient (Wildman–Crippen LogP) is 4.21. The van der Waals surface area contributed by atoms with Crippen molar-refractivity contribution in [3.05, 3.63) is 52.8 Å². The van der Waals surface area contributed by atoms with Gasteiger partial charge in [0.15, 0.2) is 5.16 Å². The Morgan fingerprint density at radius 3 is 2.84 bits per heavy atom. The fourth-order valence-corrected chi connectivity index (χ4v) is 2.97. The number of H-pyrrole nitrogens is 1. The number of pyridine rings is 1. The highest BCUT2D eigenvalue weighted by Gasteiger charge is 2.05. The van der Waals surface area contributed by atoms with Crippen molar-refractivity contribution in [2.75, 3.05) is 0 Å². The summed E-state index contributed by atoms with van der Waals surface area (Å²) in [6.07, 6.45) is 0. The molecule has 0 aliphatic heterocycles. The Morgan fingerprint density at radius 1 is 1.21 bits per heavy atom. The molecular formula is C14H12ClN3S. The van der Waals surface area contributed by atoms with Crippen LogP contribution in [0.15, 0.2) is 41.6 Å². The Balaban J connectivity index is 1.78. The zero-order chi connectivity index (χ0) is 13.2. The normalized spacial score (nSPS) is 11.1. The maximum Gasteiger partial charge on any atom is 0.166 e. The van der Waals surface area contributed by atoms with Gasteiger partial charge in [0.05, 0.1) is 16.7 Å². The lowest BCUT2D eigenvalue weighted by atomic mass is 10.3. The Hall–Kier alpha value is -1.52. The van der Waals surface area contributed by atoms with E-state index in [0.29, 0.717) is 0 Å². The number of benzene rings is 1. The summed E-state index contributed by atoms with van der Waals surface area (Å²) in [4.78, 5) is 12.3. The molecule has 2 aromatic heterocycles. The average Bonchev–Trinajstić information content (AvgIpc) is 2.78. The van der Waals surface area contributed by atoms with Crippen LogP contribution >= 0.6 is 23.4 Å². The molecule has 0 saturated carbocycles. The number of aromatic amines is 1. The van der Waals surface area contributed by atoms with Crippen LogP contribution in [0.25, 0.3) is 11.0 Å². The first-order valence-corrected chi connectivity index (χ1v) is 7.28. The molecule has 2 heterocycles. The van der Waals surface area contributed by atoms with Crippen molar-refractivity contribution in [2.45, 2.75) is 17.8 Å². The third-order valence-corrected chi connectivity index (χ3v) is 3.82. The fraction of sp³-hybridized carbons (Fsp3) is 0.143. The van der Waals surface area contributed by atoms with Gasteiger partial charge >= 0.3 is 0 Å². The molecule has 0 amide bonds. The van der Waals surface area contributed by atoms with E-state index >= 15 is 0 Å². The summed E-state index contributed by atoms with van der Waals surface area (Å²) in [5.41, 5.74) is 3.95. The van der Waals surface area contributed by atoms with Gasteiger partial charge in [0.2, 0.25) is 0 Å². The van der Waals surface area contributed by atoms with Gasteiger partial charge in [0.25, 0.3) is 0 Å². The summed E-state index contributed by atoms with van der Waals surface area (Å²) in [6, 6.07) is 11.8. The third-order valence-electron chi connectivity index (χ3n) is 2.70. The lowest BCUT2D eigenvalue weighted by Gasteiger charge is -2.01. The predicted molar refractivity (Wildman–Crippen MR) is 79.6 cm³/mol. The van der Waals surface area contributed by atoms with Crippen LogP contribution in [-0.4, -0.2) is 15.0 Å². The van der Waals surface area contributed by atoms with Crippen LogP contribution in [0.2, 0.25) is 5.02 Å². The number of aromatic nitrogens is 3. The number of para-hydroxylation sites is 2. The van der Waals surface area contributed by atoms with Crippen LogP contribution in [0.4, 0.5) is 0 Å². The number of thioether (sulfide) groups is 1. The number of nitrogens with zero attached hydrogens (tertiary/aromatic N) is 2. The monoisotopic (exact) mass is 289 g/mol. The average molecular weight is 290 g/mol. The number of imidazole rings is 1. The van der Waals surface area contributed by atoms with Crippen molar-refractivity contribution in [1.29, 1.82) is 0 Å². The standard InChI is InChI=1S/C14H12ClN3S/c1-9-6-10(15)7-11(16-9)8-19-14-17-12-4-2-3-5-13(12)18-14/h2-7H,8H2,1H3,(H,17,18). The van der Waals surface area contributed by atoms with Gasteiger partial charge in [-0.05, 0) is 31.2 Å². The fourth-order valence-electron chi connectivity index (χ4n) is 1.91. The second-order valence-electron chi connectivity index (χ2n) is 4.27. The van der Waals surface area contributed by atoms with Crippen LogP contribution < -0.4 is 0 Å². The SMILES string of the molecule is Cc1cc(Cl)cc(CSc2nc3ccccc3[nH]2)n1. The van der Waals surface area contributed by atoms with Crippen LogP contribution in [0, 0.1) is 6.92 Å². The number of hydrogen-bond donors (Lipinski definition) is 1. The van der Waals surface area contributed by atoms with Gasteiger partial charge in [0, 0.05) is 16.5 Å². The van der Waals surface area contributed by atoms with Gasteiger partial charge in [-0.1, -0.05) is 35.5 Å². The molecular weight excluding hydrogens is 278 g/mol. The molecule has 0 spiro atoms. The van der Waals surface area contributed by atoms with Gasteiger partial charge in [-0.25, -0.2) is 4.98 Å². The molecule has 0 fully saturated rings. The van der Waals surface area contributed by atoms with E-state index in [4.69, 9.17) is 11.6 Å². The van der Waals surface area contributed by atoms with E-state index in [0.717, 1.165) is 38.4 Å². The molecule has 1 N–H and O–H groups in total. The van der Waals surface area contributed by atoms with E-state index in [2.05, 4.69) is 15.0 Å². The molecule has 0 atom stereocenters. The smallest absolute Gasteiger partial charge is 0.166 e. The molecule has 0 saturated heterocycles. The first-order chi connectivity index (χ1) is 9.20. The topological polar surface area (TPSA) is 41.6 Å². The highest BCUT2D eigenvalue weighted by atomic mass is 35.5. The van der Waals surface area contributed by atoms with Gasteiger partial charge in [0.1, 0.15) is 0 Å². The molecule has 0 aliphatic rings. The number of fused-ring (bicyclic) bond motifs is 1. The largest absolute Gasteiger partial charge is 0.333 e. The molecule has 5 heteroatoms. The third kappa shape index (κ3) is 2.91. The number of rotatable bonds is 3. The Morgan fingerprint density at radius 2 is 2.05 bits per heavy atom. The maximum absolute atomic E-state index is 6.02. The Labute approximate surface area is 120 Å². The summed E-state index contributed by atoms with van der Waals surface area (Å²) < 4.78 is 0. The molecule has 96 valence electrons. The molecule has 0 bridgehead atoms. The van der Waals surface area contributed by atoms with Crippen molar-refractivity contribution in [3.8, 4) is 0 Å². The highest BCUT2D eigenvalue weighted by molar-refractivity contribution is 7.98. The zero-order valence-electron chi connectivity index (χ0n) is 10.4. The quantitative estimate of drug-likeness (QED) is 0.734. The van der Waals surface area contributed by atoms with E-state index in [9.17, 15) is 0 Å². The van der Waals surface area contributed by atoms with Crippen molar-refractivity contribution in [2.24, 2.45) is 0 Å². The van der Waals surface area contributed by atoms with Crippen molar-refractivity contribution < 1.29 is 0 Å². The minimum absolute atomic E-state index is 0.729. The molecule has 3 aromatic rings. The second-order valence-corrected chi connectivity index (χ2v) is 5.67. The number of aryl methyl sites for hydroxylation is 1. The van der Waals surface area contributed by atoms with E-state index in [1.54, 1.807) is 11.8 Å². The molecule has 19 heavy (non-hydrogen) atoms. The number of hydrogen-bond acceptors (Lipinski definition) is 3. The van der Waals surface area contributed by atoms with Gasteiger partial charge in [-0.15, -0.1) is 0 Å². The number of halogens is 1. The Bertz CT molecular complexity index is 670. The van der Waals surface area contributed by atoms with Crippen LogP contribution in [-0.2, 0) is 5.75 Å². The number of nitrogens with one attached hydrogen (secondary N) is 1. The van der Waals surface area contributed by atoms with Crippen molar-refractivity contribution >= 4 is 34.4 Å². The molecule has 0 radical (unpaired) electrons. The minimum Gasteiger partial charge on any atom is -0.333 e. The molecule has 1 aromatic carbocycles. The van der Waals surface area contributed by atoms with Crippen molar-refractivity contribution in [1.82, 2.24) is 15.0 Å². The lowest BCUT2D eigenvalue weighted by Crippen LogP contribution is -1.90. The van der Waals surface area contributed by atoms with E-state index in [1.807, 2.05) is 43.3 Å². The minimum atomic E-state index is 0.729. The van der Waals surface area contributed by atoms with E-state index in [-0.39, 0.29) is 0 Å². The summed E-state index contributed by atoms with van der Waals surface area (Å²) in [7, 11) is 0. The van der Waals surface area contributed by atoms with Crippen molar-refractivity contribution in [3.63, 3.8) is 0 Å². The summed E-state index contributed by atoms with van der Waals surface area (Å²) in [5, 5.41) is 1.63. The molecule has 0 unspecified atom stereocenters. The lowest BCUT2D eigenvalue weighted by molar-refractivity contribution is 1.06. The first kappa shape index (κ1) is 12.5. The van der Waals surface area contributed by atoms with Gasteiger partial charge in [-0.2, -0.15) is 0 Å². The first-order valence-electron chi connectivity index (χ1n) is 5.91. The summed E-state index contributed by atoms with van der Waals surface area (Å²) in [5.74, 6) is 0.751. The van der Waals surface area contributed by atoms with E-state index < -0.39 is 0 Å². The van der Waals surface area contributed by atoms with Crippen LogP contribution in [0.5, 0.6) is 0 Å². The highest BCUT2D eigenvalue weighted by Crippen LogP contribution is 2.23. The van der Waals surface area contributed by atoms with Gasteiger partial charge < -0.3 is 4.98 Å². The van der Waals surface area contributed by atoms with Crippen LogP contribution in [0.3, 0.4) is 0 Å². The zero-order valence-corrected chi connectivity index (χ0v) is 11.9.